The van der Waals surface area contributed by atoms with E-state index in [1.807, 2.05) is 12.1 Å². The van der Waals surface area contributed by atoms with Gasteiger partial charge in [0.2, 0.25) is 0 Å². The highest BCUT2D eigenvalue weighted by Crippen LogP contribution is 2.36. The van der Waals surface area contributed by atoms with Gasteiger partial charge in [-0.1, -0.05) is 194 Å². The molecule has 0 fully saturated rings. The van der Waals surface area contributed by atoms with Crippen LogP contribution in [0.3, 0.4) is 0 Å². The second kappa shape index (κ2) is 22.2. The first-order valence-corrected chi connectivity index (χ1v) is 23.0. The van der Waals surface area contributed by atoms with E-state index in [4.69, 9.17) is 0 Å². The van der Waals surface area contributed by atoms with Crippen LogP contribution in [-0.2, 0) is 16.0 Å². The van der Waals surface area contributed by atoms with E-state index < -0.39 is 11.9 Å². The zero-order chi connectivity index (χ0) is 44.8. The summed E-state index contributed by atoms with van der Waals surface area (Å²) in [5, 5.41) is 27.4. The number of hydrogen-bond donors (Lipinski definition) is 3. The molecule has 0 saturated heterocycles. The van der Waals surface area contributed by atoms with E-state index in [1.165, 1.54) is 54.9 Å². The van der Waals surface area contributed by atoms with Crippen molar-refractivity contribution in [1.82, 2.24) is 10.2 Å². The Morgan fingerprint density at radius 2 is 0.938 bits per heavy atom. The Balaban J connectivity index is 1.07. The maximum absolute atomic E-state index is 12.5. The molecular formula is C59H58N2O4. The molecule has 3 unspecified atom stereocenters. The third-order valence-corrected chi connectivity index (χ3v) is 12.9. The molecule has 0 aromatic heterocycles. The van der Waals surface area contributed by atoms with Gasteiger partial charge in [-0.15, -0.1) is 0 Å². The molecule has 0 aliphatic heterocycles. The van der Waals surface area contributed by atoms with Gasteiger partial charge < -0.3 is 15.5 Å². The second-order valence-corrected chi connectivity index (χ2v) is 17.3. The summed E-state index contributed by atoms with van der Waals surface area (Å²) in [5.41, 5.74) is 9.66. The van der Waals surface area contributed by atoms with Gasteiger partial charge in [0.1, 0.15) is 0 Å². The van der Waals surface area contributed by atoms with Crippen LogP contribution in [0.1, 0.15) is 76.8 Å². The Kier molecular flexibility index (Phi) is 15.3. The molecule has 3 N–H and O–H groups in total. The van der Waals surface area contributed by atoms with Crippen molar-refractivity contribution in [1.29, 1.82) is 0 Å². The molecule has 0 radical (unpaired) electrons. The Labute approximate surface area is 383 Å². The van der Waals surface area contributed by atoms with E-state index in [-0.39, 0.29) is 30.8 Å². The minimum Gasteiger partial charge on any atom is -0.480 e. The van der Waals surface area contributed by atoms with Crippen LogP contribution in [0.2, 0.25) is 0 Å². The fraction of sp³-hybridized carbons (Fsp3) is 0.220. The van der Waals surface area contributed by atoms with E-state index in [1.54, 1.807) is 0 Å². The van der Waals surface area contributed by atoms with Gasteiger partial charge in [-0.05, 0) is 124 Å². The monoisotopic (exact) mass is 858 g/mol. The van der Waals surface area contributed by atoms with Crippen LogP contribution >= 0.6 is 0 Å². The Morgan fingerprint density at radius 1 is 0.446 bits per heavy atom. The summed E-state index contributed by atoms with van der Waals surface area (Å²) in [5.74, 6) is -1.30. The number of nitrogens with zero attached hydrogens (tertiary/aromatic N) is 1. The van der Waals surface area contributed by atoms with Gasteiger partial charge in [0.15, 0.2) is 0 Å². The quantitative estimate of drug-likeness (QED) is 0.0588. The van der Waals surface area contributed by atoms with Crippen molar-refractivity contribution in [3.63, 3.8) is 0 Å². The summed E-state index contributed by atoms with van der Waals surface area (Å²) in [7, 11) is 0. The van der Waals surface area contributed by atoms with E-state index in [9.17, 15) is 19.8 Å². The lowest BCUT2D eigenvalue weighted by Gasteiger charge is -2.27. The molecule has 0 heterocycles. The molecule has 0 amide bonds. The zero-order valence-electron chi connectivity index (χ0n) is 36.9. The first-order chi connectivity index (χ1) is 31.9. The first kappa shape index (κ1) is 44.7. The van der Waals surface area contributed by atoms with Gasteiger partial charge in [0.05, 0.1) is 13.1 Å². The normalized spacial score (nSPS) is 12.9. The van der Waals surface area contributed by atoms with Gasteiger partial charge in [-0.2, -0.15) is 0 Å². The molecule has 65 heavy (non-hydrogen) atoms. The van der Waals surface area contributed by atoms with Crippen LogP contribution in [-0.4, -0.2) is 59.8 Å². The number of fused-ring (bicyclic) bond motifs is 2. The molecule has 0 aliphatic rings. The molecule has 8 aromatic rings. The molecule has 3 atom stereocenters. The Hall–Kier alpha value is -6.86. The van der Waals surface area contributed by atoms with Gasteiger partial charge in [0, 0.05) is 11.8 Å². The minimum absolute atomic E-state index is 0.0170. The number of benzene rings is 8. The van der Waals surface area contributed by atoms with Crippen molar-refractivity contribution in [3.8, 4) is 11.1 Å². The van der Waals surface area contributed by atoms with Gasteiger partial charge in [-0.3, -0.25) is 14.5 Å². The molecule has 328 valence electrons. The summed E-state index contributed by atoms with van der Waals surface area (Å²) in [6.07, 6.45) is 4.24. The largest absolute Gasteiger partial charge is 0.480 e. The van der Waals surface area contributed by atoms with Crippen LogP contribution in [0.25, 0.3) is 32.7 Å². The average Bonchev–Trinajstić information content (AvgIpc) is 3.34. The van der Waals surface area contributed by atoms with E-state index in [0.717, 1.165) is 43.2 Å². The number of carboxylic acids is 2. The standard InChI is InChI=1S/C59H58N2O4/c62-58(63)41-60-34-31-46(26-25-43-13-3-1-4-14-43)50-21-11-22-51(37-50)52-23-12-24-53(40-52)57(55-30-28-45-16-8-10-20-49(45)39-55)33-36-61(42-59(64)65)35-32-56(47-17-5-2-6-18-47)54-29-27-44-15-7-9-19-48(44)38-54/h1-24,27-30,37-40,46,56-57,60H,25-26,31-36,41-42H2,(H,62,63)(H,64,65). The molecule has 0 saturated carbocycles. The van der Waals surface area contributed by atoms with Crippen molar-refractivity contribution in [2.45, 2.75) is 49.9 Å². The fourth-order valence-corrected chi connectivity index (χ4v) is 9.51. The molecule has 6 heteroatoms. The topological polar surface area (TPSA) is 89.9 Å². The van der Waals surface area contributed by atoms with Gasteiger partial charge >= 0.3 is 11.9 Å². The number of carboxylic acid groups (broad SMARTS) is 2. The van der Waals surface area contributed by atoms with Crippen molar-refractivity contribution in [2.24, 2.45) is 0 Å². The van der Waals surface area contributed by atoms with E-state index in [0.29, 0.717) is 19.6 Å². The summed E-state index contributed by atoms with van der Waals surface area (Å²) in [4.78, 5) is 25.9. The number of rotatable bonds is 22. The smallest absolute Gasteiger partial charge is 0.317 e. The minimum atomic E-state index is -0.849. The highest BCUT2D eigenvalue weighted by atomic mass is 16.4. The van der Waals surface area contributed by atoms with E-state index >= 15 is 0 Å². The predicted octanol–water partition coefficient (Wildman–Crippen LogP) is 12.6. The van der Waals surface area contributed by atoms with Crippen LogP contribution < -0.4 is 5.32 Å². The number of nitrogens with one attached hydrogen (secondary N) is 1. The average molecular weight is 859 g/mol. The van der Waals surface area contributed by atoms with Crippen LogP contribution in [0.15, 0.2) is 194 Å². The summed E-state index contributed by atoms with van der Waals surface area (Å²) >= 11 is 0. The SMILES string of the molecule is O=C(O)CNCCC(CCc1ccccc1)c1cccc(-c2cccc(C(CCN(CCC(c3ccccc3)c3ccc4ccccc4c3)CC(=O)O)c3ccc4ccccc4c3)c2)c1. The van der Waals surface area contributed by atoms with Crippen molar-refractivity contribution >= 4 is 33.5 Å². The molecule has 8 rings (SSSR count). The predicted molar refractivity (Wildman–Crippen MR) is 266 cm³/mol. The van der Waals surface area contributed by atoms with Crippen molar-refractivity contribution in [2.75, 3.05) is 32.7 Å². The second-order valence-electron chi connectivity index (χ2n) is 17.3. The maximum Gasteiger partial charge on any atom is 0.317 e. The third-order valence-electron chi connectivity index (χ3n) is 12.9. The van der Waals surface area contributed by atoms with Crippen molar-refractivity contribution in [3.05, 3.63) is 228 Å². The van der Waals surface area contributed by atoms with Gasteiger partial charge in [0.25, 0.3) is 0 Å². The Bertz CT molecular complexity index is 2810. The maximum atomic E-state index is 12.5. The fourth-order valence-electron chi connectivity index (χ4n) is 9.51. The molecular weight excluding hydrogens is 801 g/mol. The molecule has 0 bridgehead atoms. The number of aryl methyl sites for hydroxylation is 1. The first-order valence-electron chi connectivity index (χ1n) is 23.0. The number of hydrogen-bond acceptors (Lipinski definition) is 4. The molecule has 8 aromatic carbocycles. The highest BCUT2D eigenvalue weighted by Gasteiger charge is 2.22. The molecule has 0 spiro atoms. The summed E-state index contributed by atoms with van der Waals surface area (Å²) in [6, 6.07) is 69.2. The van der Waals surface area contributed by atoms with Crippen LogP contribution in [0, 0.1) is 0 Å². The zero-order valence-corrected chi connectivity index (χ0v) is 36.9. The summed E-state index contributed by atoms with van der Waals surface area (Å²) in [6.45, 7) is 1.78. The molecule has 0 aliphatic carbocycles. The number of aliphatic carboxylic acids is 2. The number of carbonyl (C=O) groups is 2. The third kappa shape index (κ3) is 12.2. The van der Waals surface area contributed by atoms with E-state index in [2.05, 4.69) is 192 Å². The lowest BCUT2D eigenvalue weighted by molar-refractivity contribution is -0.138. The highest BCUT2D eigenvalue weighted by molar-refractivity contribution is 5.84. The lowest BCUT2D eigenvalue weighted by atomic mass is 9.84. The Morgan fingerprint density at radius 3 is 1.52 bits per heavy atom. The van der Waals surface area contributed by atoms with Crippen LogP contribution in [0.5, 0.6) is 0 Å². The van der Waals surface area contributed by atoms with Crippen LogP contribution in [0.4, 0.5) is 0 Å². The van der Waals surface area contributed by atoms with Gasteiger partial charge in [-0.25, -0.2) is 0 Å². The summed E-state index contributed by atoms with van der Waals surface area (Å²) < 4.78 is 0. The lowest BCUT2D eigenvalue weighted by Crippen LogP contribution is -2.33. The van der Waals surface area contributed by atoms with Crippen molar-refractivity contribution < 1.29 is 19.8 Å². The molecule has 6 nitrogen and oxygen atoms in total.